The third kappa shape index (κ3) is 2.41. The van der Waals surface area contributed by atoms with Crippen molar-refractivity contribution in [1.82, 2.24) is 25.2 Å². The highest BCUT2D eigenvalue weighted by Gasteiger charge is 2.38. The highest BCUT2D eigenvalue weighted by Crippen LogP contribution is 2.30. The van der Waals surface area contributed by atoms with Crippen molar-refractivity contribution in [2.45, 2.75) is 0 Å². The summed E-state index contributed by atoms with van der Waals surface area (Å²) in [4.78, 5) is 48.7. The first-order valence-corrected chi connectivity index (χ1v) is 8.89. The van der Waals surface area contributed by atoms with E-state index in [-0.39, 0.29) is 33.8 Å². The van der Waals surface area contributed by atoms with Crippen molar-refractivity contribution >= 4 is 34.4 Å². The number of nitrogens with zero attached hydrogens (tertiary/aromatic N) is 2. The van der Waals surface area contributed by atoms with Gasteiger partial charge in [0.15, 0.2) is 0 Å². The number of hydrogen-bond acceptors (Lipinski definition) is 5. The van der Waals surface area contributed by atoms with Crippen LogP contribution < -0.4 is 10.9 Å². The number of benzene rings is 1. The molecule has 4 heterocycles. The maximum atomic E-state index is 12.7. The van der Waals surface area contributed by atoms with Crippen molar-refractivity contribution < 1.29 is 9.59 Å². The van der Waals surface area contributed by atoms with Gasteiger partial charge in [-0.05, 0) is 18.2 Å². The lowest BCUT2D eigenvalue weighted by atomic mass is 10.0. The fraction of sp³-hybridized carbons (Fsp3) is 0.222. The summed E-state index contributed by atoms with van der Waals surface area (Å²) in [5, 5.41) is 3.40. The summed E-state index contributed by atoms with van der Waals surface area (Å²) in [7, 11) is 0. The van der Waals surface area contributed by atoms with E-state index in [1.165, 1.54) is 11.1 Å². The summed E-state index contributed by atoms with van der Waals surface area (Å²) >= 11 is 6.13. The molecule has 1 aromatic carbocycles. The van der Waals surface area contributed by atoms with Gasteiger partial charge < -0.3 is 15.3 Å². The molecule has 2 aliphatic rings. The molecule has 1 fully saturated rings. The van der Waals surface area contributed by atoms with E-state index in [9.17, 15) is 14.4 Å². The quantitative estimate of drug-likeness (QED) is 0.592. The normalized spacial score (nSPS) is 16.9. The zero-order valence-corrected chi connectivity index (χ0v) is 14.8. The van der Waals surface area contributed by atoms with Crippen LogP contribution in [0.15, 0.2) is 29.2 Å². The molecule has 0 unspecified atom stereocenters. The average molecular weight is 384 g/mol. The second kappa shape index (κ2) is 5.77. The van der Waals surface area contributed by atoms with Crippen molar-refractivity contribution in [3.63, 3.8) is 0 Å². The van der Waals surface area contributed by atoms with E-state index in [2.05, 4.69) is 20.3 Å². The zero-order valence-electron chi connectivity index (χ0n) is 14.0. The molecular formula is C18H14ClN5O3. The Bertz CT molecular complexity index is 1120. The number of imide groups is 1. The predicted octanol–water partition coefficient (Wildman–Crippen LogP) is 1.39. The molecule has 0 bridgehead atoms. The smallest absolute Gasteiger partial charge is 0.261 e. The Morgan fingerprint density at radius 1 is 1.15 bits per heavy atom. The monoisotopic (exact) mass is 383 g/mol. The van der Waals surface area contributed by atoms with Gasteiger partial charge in [0.25, 0.3) is 17.4 Å². The van der Waals surface area contributed by atoms with Gasteiger partial charge in [-0.2, -0.15) is 0 Å². The van der Waals surface area contributed by atoms with Gasteiger partial charge in [-0.15, -0.1) is 0 Å². The highest BCUT2D eigenvalue weighted by molar-refractivity contribution is 6.33. The molecule has 3 N–H and O–H groups in total. The van der Waals surface area contributed by atoms with Crippen LogP contribution in [0, 0.1) is 5.92 Å². The Morgan fingerprint density at radius 2 is 1.89 bits per heavy atom. The van der Waals surface area contributed by atoms with Gasteiger partial charge in [-0.3, -0.25) is 19.3 Å². The van der Waals surface area contributed by atoms with E-state index < -0.39 is 0 Å². The summed E-state index contributed by atoms with van der Waals surface area (Å²) in [6.45, 7) is 2.04. The number of rotatable bonds is 3. The highest BCUT2D eigenvalue weighted by atomic mass is 35.5. The number of aromatic nitrogens is 3. The van der Waals surface area contributed by atoms with Crippen LogP contribution in [0.2, 0.25) is 5.02 Å². The van der Waals surface area contributed by atoms with Crippen LogP contribution in [0.4, 0.5) is 0 Å². The lowest BCUT2D eigenvalue weighted by Gasteiger charge is -2.30. The van der Waals surface area contributed by atoms with Gasteiger partial charge in [0.05, 0.1) is 27.2 Å². The molecule has 0 aliphatic carbocycles. The summed E-state index contributed by atoms with van der Waals surface area (Å²) in [6, 6.07) is 4.77. The molecule has 0 atom stereocenters. The van der Waals surface area contributed by atoms with Gasteiger partial charge in [0, 0.05) is 31.7 Å². The fourth-order valence-corrected chi connectivity index (χ4v) is 3.73. The van der Waals surface area contributed by atoms with Crippen molar-refractivity contribution in [3.05, 3.63) is 50.9 Å². The Hall–Kier alpha value is -2.97. The zero-order chi connectivity index (χ0) is 18.7. The van der Waals surface area contributed by atoms with Crippen LogP contribution in [-0.2, 0) is 0 Å². The van der Waals surface area contributed by atoms with Gasteiger partial charge in [0.2, 0.25) is 0 Å². The van der Waals surface area contributed by atoms with E-state index in [0.29, 0.717) is 34.6 Å². The molecule has 3 aromatic rings. The van der Waals surface area contributed by atoms with Gasteiger partial charge in [-0.1, -0.05) is 11.6 Å². The van der Waals surface area contributed by atoms with Gasteiger partial charge >= 0.3 is 0 Å². The number of pyridine rings is 1. The molecule has 0 saturated carbocycles. The first kappa shape index (κ1) is 16.2. The van der Waals surface area contributed by atoms with Crippen LogP contribution in [0.1, 0.15) is 20.7 Å². The lowest BCUT2D eigenvalue weighted by Crippen LogP contribution is -2.49. The van der Waals surface area contributed by atoms with E-state index in [1.807, 2.05) is 0 Å². The van der Waals surface area contributed by atoms with Gasteiger partial charge in [0.1, 0.15) is 11.4 Å². The van der Waals surface area contributed by atoms with Crippen LogP contribution in [-0.4, -0.2) is 51.3 Å². The minimum atomic E-state index is -0.374. The number of aromatic amines is 2. The number of carbonyl (C=O) groups is 2. The third-order valence-corrected chi connectivity index (χ3v) is 5.34. The molecule has 2 aliphatic heterocycles. The molecule has 2 amide bonds. The van der Waals surface area contributed by atoms with E-state index >= 15 is 0 Å². The van der Waals surface area contributed by atoms with Crippen LogP contribution in [0.3, 0.4) is 0 Å². The summed E-state index contributed by atoms with van der Waals surface area (Å²) < 4.78 is 0. The molecule has 9 heteroatoms. The number of amides is 2. The molecular weight excluding hydrogens is 370 g/mol. The minimum Gasteiger partial charge on any atom is -0.338 e. The molecule has 27 heavy (non-hydrogen) atoms. The first-order valence-electron chi connectivity index (χ1n) is 8.51. The fourth-order valence-electron chi connectivity index (χ4n) is 3.49. The number of imidazole rings is 1. The van der Waals surface area contributed by atoms with Crippen molar-refractivity contribution in [1.29, 1.82) is 0 Å². The SMILES string of the molecule is O=C1c2cc3nc(-c4c(Cl)cc[nH]c4=O)[nH]c3cc2C(=O)N1CC1CNC1. The Labute approximate surface area is 157 Å². The largest absolute Gasteiger partial charge is 0.338 e. The molecule has 136 valence electrons. The minimum absolute atomic E-state index is 0.215. The van der Waals surface area contributed by atoms with E-state index in [1.54, 1.807) is 18.2 Å². The topological polar surface area (TPSA) is 111 Å². The van der Waals surface area contributed by atoms with Crippen molar-refractivity contribution in [3.8, 4) is 11.4 Å². The maximum absolute atomic E-state index is 12.7. The standard InChI is InChI=1S/C18H14ClN5O3/c19-11-1-2-21-16(25)14(11)15-22-12-3-9-10(4-13(12)23-15)18(27)24(17(9)26)7-8-5-20-6-8/h1-4,8,20H,5-7H2,(H,21,25)(H,22,23). The number of hydrogen-bond donors (Lipinski definition) is 3. The average Bonchev–Trinajstić information content (AvgIpc) is 3.09. The molecule has 2 aromatic heterocycles. The molecule has 1 saturated heterocycles. The van der Waals surface area contributed by atoms with Crippen LogP contribution in [0.25, 0.3) is 22.4 Å². The Morgan fingerprint density at radius 3 is 2.56 bits per heavy atom. The first-order chi connectivity index (χ1) is 13.0. The summed E-state index contributed by atoms with van der Waals surface area (Å²) in [5.74, 6) is -0.00828. The second-order valence-corrected chi connectivity index (χ2v) is 7.18. The predicted molar refractivity (Wildman–Crippen MR) is 98.9 cm³/mol. The number of fused-ring (bicyclic) bond motifs is 2. The molecule has 8 nitrogen and oxygen atoms in total. The number of H-pyrrole nitrogens is 2. The molecule has 5 rings (SSSR count). The Kier molecular flexibility index (Phi) is 3.46. The molecule has 0 radical (unpaired) electrons. The summed E-state index contributed by atoms with van der Waals surface area (Å²) in [5.41, 5.74) is 1.59. The number of halogens is 1. The number of nitrogens with one attached hydrogen (secondary N) is 3. The van der Waals surface area contributed by atoms with Crippen molar-refractivity contribution in [2.24, 2.45) is 5.92 Å². The van der Waals surface area contributed by atoms with E-state index in [0.717, 1.165) is 13.1 Å². The third-order valence-electron chi connectivity index (χ3n) is 5.03. The Balaban J connectivity index is 1.58. The van der Waals surface area contributed by atoms with Gasteiger partial charge in [-0.25, -0.2) is 4.98 Å². The number of carbonyl (C=O) groups excluding carboxylic acids is 2. The van der Waals surface area contributed by atoms with Crippen LogP contribution in [0.5, 0.6) is 0 Å². The lowest BCUT2D eigenvalue weighted by molar-refractivity contribution is 0.0612. The summed E-state index contributed by atoms with van der Waals surface area (Å²) in [6.07, 6.45) is 1.45. The second-order valence-electron chi connectivity index (χ2n) is 6.78. The maximum Gasteiger partial charge on any atom is 0.261 e. The van der Waals surface area contributed by atoms with Crippen LogP contribution >= 0.6 is 11.6 Å². The van der Waals surface area contributed by atoms with Crippen molar-refractivity contribution in [2.75, 3.05) is 19.6 Å². The van der Waals surface area contributed by atoms with E-state index in [4.69, 9.17) is 11.6 Å². The molecule has 0 spiro atoms.